The van der Waals surface area contributed by atoms with Crippen LogP contribution in [0, 0.1) is 11.3 Å². The van der Waals surface area contributed by atoms with Gasteiger partial charge in [0.15, 0.2) is 0 Å². The van der Waals surface area contributed by atoms with Gasteiger partial charge in [0.05, 0.1) is 17.1 Å². The van der Waals surface area contributed by atoms with Crippen LogP contribution in [-0.2, 0) is 23.6 Å². The lowest BCUT2D eigenvalue weighted by atomic mass is 10.1. The summed E-state index contributed by atoms with van der Waals surface area (Å²) in [5.41, 5.74) is 2.14. The Kier molecular flexibility index (Phi) is 4.72. The number of aromatic nitrogens is 2. The molecule has 1 aromatic carbocycles. The van der Waals surface area contributed by atoms with E-state index < -0.39 is 5.91 Å². The molecule has 1 fully saturated rings. The molecule has 0 spiro atoms. The Hall–Kier alpha value is -2.85. The molecule has 25 heavy (non-hydrogen) atoms. The van der Waals surface area contributed by atoms with Crippen LogP contribution in [0.15, 0.2) is 28.6 Å². The van der Waals surface area contributed by atoms with Gasteiger partial charge >= 0.3 is 5.69 Å². The maximum atomic E-state index is 12.2. The lowest BCUT2D eigenvalue weighted by Crippen LogP contribution is -2.32. The van der Waals surface area contributed by atoms with Crippen LogP contribution in [0.25, 0.3) is 17.1 Å². The summed E-state index contributed by atoms with van der Waals surface area (Å²) in [4.78, 5) is 24.2. The number of fused-ring (bicyclic) bond motifs is 1. The number of imidazole rings is 1. The fourth-order valence-electron chi connectivity index (χ4n) is 3.04. The molecular formula is C18H20N4O3. The maximum absolute atomic E-state index is 12.2. The highest BCUT2D eigenvalue weighted by molar-refractivity contribution is 6.02. The third-order valence-corrected chi connectivity index (χ3v) is 4.49. The first kappa shape index (κ1) is 17.0. The van der Waals surface area contributed by atoms with Crippen LogP contribution >= 0.6 is 0 Å². The van der Waals surface area contributed by atoms with Crippen LogP contribution in [0.3, 0.4) is 0 Å². The van der Waals surface area contributed by atoms with Crippen molar-refractivity contribution in [1.29, 1.82) is 5.26 Å². The van der Waals surface area contributed by atoms with Crippen LogP contribution in [0.4, 0.5) is 0 Å². The van der Waals surface area contributed by atoms with Crippen molar-refractivity contribution < 1.29 is 9.53 Å². The summed E-state index contributed by atoms with van der Waals surface area (Å²) in [6.07, 6.45) is 3.47. The average molecular weight is 340 g/mol. The highest BCUT2D eigenvalue weighted by Gasteiger charge is 2.17. The van der Waals surface area contributed by atoms with Crippen molar-refractivity contribution in [3.63, 3.8) is 0 Å². The zero-order valence-electron chi connectivity index (χ0n) is 14.3. The van der Waals surface area contributed by atoms with E-state index in [-0.39, 0.29) is 17.4 Å². The zero-order valence-corrected chi connectivity index (χ0v) is 14.3. The third kappa shape index (κ3) is 3.35. The molecule has 0 radical (unpaired) electrons. The van der Waals surface area contributed by atoms with Gasteiger partial charge in [-0.3, -0.25) is 13.9 Å². The first-order valence-electron chi connectivity index (χ1n) is 8.18. The van der Waals surface area contributed by atoms with Gasteiger partial charge < -0.3 is 10.1 Å². The van der Waals surface area contributed by atoms with Crippen molar-refractivity contribution in [2.24, 2.45) is 14.1 Å². The van der Waals surface area contributed by atoms with Gasteiger partial charge in [-0.05, 0) is 36.6 Å². The predicted octanol–water partition coefficient (Wildman–Crippen LogP) is 1.08. The highest BCUT2D eigenvalue weighted by Crippen LogP contribution is 2.16. The summed E-state index contributed by atoms with van der Waals surface area (Å²) in [6, 6.07) is 7.32. The number of hydrogen-bond acceptors (Lipinski definition) is 4. The highest BCUT2D eigenvalue weighted by atomic mass is 16.5. The quantitative estimate of drug-likeness (QED) is 0.666. The summed E-state index contributed by atoms with van der Waals surface area (Å²) in [6.45, 7) is 1.13. The summed E-state index contributed by atoms with van der Waals surface area (Å²) < 4.78 is 8.55. The second kappa shape index (κ2) is 6.95. The largest absolute Gasteiger partial charge is 0.376 e. The van der Waals surface area contributed by atoms with Crippen LogP contribution in [0.5, 0.6) is 0 Å². The number of amides is 1. The molecule has 1 unspecified atom stereocenters. The number of rotatable bonds is 4. The lowest BCUT2D eigenvalue weighted by molar-refractivity contribution is -0.117. The number of nitrogens with zero attached hydrogens (tertiary/aromatic N) is 3. The molecule has 1 aliphatic heterocycles. The van der Waals surface area contributed by atoms with Gasteiger partial charge in [0.2, 0.25) is 0 Å². The average Bonchev–Trinajstić information content (AvgIpc) is 3.21. The van der Waals surface area contributed by atoms with E-state index in [0.717, 1.165) is 30.5 Å². The Bertz CT molecular complexity index is 940. The molecule has 1 N–H and O–H groups in total. The van der Waals surface area contributed by atoms with Crippen molar-refractivity contribution >= 4 is 23.0 Å². The van der Waals surface area contributed by atoms with Crippen molar-refractivity contribution in [2.45, 2.75) is 18.9 Å². The maximum Gasteiger partial charge on any atom is 0.328 e. The van der Waals surface area contributed by atoms with Crippen LogP contribution in [-0.4, -0.2) is 34.3 Å². The van der Waals surface area contributed by atoms with Gasteiger partial charge in [0.1, 0.15) is 11.6 Å². The van der Waals surface area contributed by atoms with Gasteiger partial charge in [-0.25, -0.2) is 4.79 Å². The monoisotopic (exact) mass is 340 g/mol. The normalized spacial score (nSPS) is 17.6. The Morgan fingerprint density at radius 3 is 2.84 bits per heavy atom. The second-order valence-electron chi connectivity index (χ2n) is 6.16. The van der Waals surface area contributed by atoms with E-state index in [9.17, 15) is 14.9 Å². The predicted molar refractivity (Wildman–Crippen MR) is 93.7 cm³/mol. The van der Waals surface area contributed by atoms with Crippen molar-refractivity contribution in [2.75, 3.05) is 13.2 Å². The van der Waals surface area contributed by atoms with Gasteiger partial charge in [-0.1, -0.05) is 6.07 Å². The fourth-order valence-corrected chi connectivity index (χ4v) is 3.04. The first-order valence-corrected chi connectivity index (χ1v) is 8.18. The number of aryl methyl sites for hydroxylation is 2. The fraction of sp³-hybridized carbons (Fsp3) is 0.389. The molecule has 2 aromatic rings. The van der Waals surface area contributed by atoms with E-state index in [4.69, 9.17) is 4.74 Å². The molecule has 2 heterocycles. The molecule has 0 bridgehead atoms. The van der Waals surface area contributed by atoms with Crippen molar-refractivity contribution in [1.82, 2.24) is 14.5 Å². The van der Waals surface area contributed by atoms with E-state index in [0.29, 0.717) is 12.1 Å². The van der Waals surface area contributed by atoms with Gasteiger partial charge in [-0.2, -0.15) is 5.26 Å². The van der Waals surface area contributed by atoms with E-state index in [1.807, 2.05) is 12.1 Å². The first-order chi connectivity index (χ1) is 12.0. The molecule has 1 amide bonds. The topological polar surface area (TPSA) is 89.0 Å². The Balaban J connectivity index is 1.82. The van der Waals surface area contributed by atoms with Gasteiger partial charge in [-0.15, -0.1) is 0 Å². The number of ether oxygens (including phenoxy) is 1. The second-order valence-corrected chi connectivity index (χ2v) is 6.16. The van der Waals surface area contributed by atoms with Crippen LogP contribution in [0.1, 0.15) is 18.4 Å². The lowest BCUT2D eigenvalue weighted by Gasteiger charge is -2.10. The molecule has 7 nitrogen and oxygen atoms in total. The number of carbonyl (C=O) groups excluding carboxylic acids is 1. The molecule has 1 atom stereocenters. The molecule has 0 saturated carbocycles. The summed E-state index contributed by atoms with van der Waals surface area (Å²) in [5.74, 6) is -0.417. The molecule has 1 aliphatic rings. The molecule has 3 rings (SSSR count). The molecule has 130 valence electrons. The minimum atomic E-state index is -0.417. The Morgan fingerprint density at radius 1 is 1.40 bits per heavy atom. The third-order valence-electron chi connectivity index (χ3n) is 4.49. The Labute approximate surface area is 145 Å². The van der Waals surface area contributed by atoms with Gasteiger partial charge in [0.25, 0.3) is 5.91 Å². The summed E-state index contributed by atoms with van der Waals surface area (Å²) in [5, 5.41) is 12.0. The van der Waals surface area contributed by atoms with Crippen molar-refractivity contribution in [3.05, 3.63) is 39.8 Å². The van der Waals surface area contributed by atoms with Crippen LogP contribution < -0.4 is 11.0 Å². The van der Waals surface area contributed by atoms with E-state index >= 15 is 0 Å². The van der Waals surface area contributed by atoms with E-state index in [1.165, 1.54) is 10.6 Å². The molecule has 0 aliphatic carbocycles. The van der Waals surface area contributed by atoms with E-state index in [1.54, 1.807) is 30.8 Å². The molecule has 1 aromatic heterocycles. The van der Waals surface area contributed by atoms with Crippen molar-refractivity contribution in [3.8, 4) is 6.07 Å². The molecule has 7 heteroatoms. The number of carbonyl (C=O) groups is 1. The zero-order chi connectivity index (χ0) is 18.0. The minimum absolute atomic E-state index is 0.0262. The summed E-state index contributed by atoms with van der Waals surface area (Å²) in [7, 11) is 3.40. The molecular weight excluding hydrogens is 320 g/mol. The number of nitriles is 1. The standard InChI is InChI=1S/C18H20N4O3/c1-21-15-6-5-12(9-16(15)22(2)18(21)24)8-13(10-19)17(23)20-11-14-4-3-7-25-14/h5-6,8-9,14H,3-4,7,11H2,1-2H3,(H,20,23). The van der Waals surface area contributed by atoms with Gasteiger partial charge in [0, 0.05) is 27.2 Å². The molecule has 1 saturated heterocycles. The Morgan fingerprint density at radius 2 is 2.16 bits per heavy atom. The summed E-state index contributed by atoms with van der Waals surface area (Å²) >= 11 is 0. The van der Waals surface area contributed by atoms with E-state index in [2.05, 4.69) is 5.32 Å². The van der Waals surface area contributed by atoms with Crippen LogP contribution in [0.2, 0.25) is 0 Å². The smallest absolute Gasteiger partial charge is 0.328 e. The minimum Gasteiger partial charge on any atom is -0.376 e. The number of hydrogen-bond donors (Lipinski definition) is 1. The number of benzene rings is 1. The SMILES string of the molecule is Cn1c(=O)n(C)c2cc(C=C(C#N)C(=O)NCC3CCCO3)ccc21. The number of nitrogens with one attached hydrogen (secondary N) is 1.